The average Bonchev–Trinajstić information content (AvgIpc) is 2.23. The van der Waals surface area contributed by atoms with Crippen LogP contribution in [0.5, 0.6) is 0 Å². The molecule has 3 heteroatoms. The molecule has 2 aromatic rings. The van der Waals surface area contributed by atoms with Crippen LogP contribution in [-0.4, -0.2) is 4.98 Å². The molecule has 0 aliphatic carbocycles. The molecule has 0 fully saturated rings. The van der Waals surface area contributed by atoms with Gasteiger partial charge in [0.15, 0.2) is 0 Å². The summed E-state index contributed by atoms with van der Waals surface area (Å²) in [6.07, 6.45) is 1.11. The van der Waals surface area contributed by atoms with E-state index in [0.717, 1.165) is 17.3 Å². The highest BCUT2D eigenvalue weighted by molar-refractivity contribution is 5.73. The van der Waals surface area contributed by atoms with Crippen molar-refractivity contribution in [2.45, 2.75) is 0 Å². The quantitative estimate of drug-likeness (QED) is 0.770. The molecule has 0 spiro atoms. The molecule has 1 heterocycles. The van der Waals surface area contributed by atoms with Crippen molar-refractivity contribution >= 4 is 5.82 Å². The minimum atomic E-state index is -0.391. The maximum absolute atomic E-state index is 13.0. The van der Waals surface area contributed by atoms with Crippen molar-refractivity contribution < 1.29 is 4.39 Å². The van der Waals surface area contributed by atoms with Crippen LogP contribution in [0.1, 0.15) is 5.56 Å². The van der Waals surface area contributed by atoms with Crippen molar-refractivity contribution in [2.24, 2.45) is 0 Å². The zero-order valence-electron chi connectivity index (χ0n) is 8.07. The number of hydrogen-bond acceptors (Lipinski definition) is 2. The van der Waals surface area contributed by atoms with Gasteiger partial charge in [0.1, 0.15) is 11.6 Å². The molecule has 1 aromatic heterocycles. The van der Waals surface area contributed by atoms with E-state index in [1.807, 2.05) is 24.3 Å². The molecule has 0 saturated carbocycles. The highest BCUT2D eigenvalue weighted by Gasteiger charge is 2.04. The predicted molar refractivity (Wildman–Crippen MR) is 58.5 cm³/mol. The van der Waals surface area contributed by atoms with Gasteiger partial charge in [0.05, 0.1) is 6.20 Å². The van der Waals surface area contributed by atoms with Crippen LogP contribution in [0.2, 0.25) is 0 Å². The van der Waals surface area contributed by atoms with Crippen LogP contribution in [0.4, 0.5) is 10.2 Å². The summed E-state index contributed by atoms with van der Waals surface area (Å²) in [7, 11) is 0. The summed E-state index contributed by atoms with van der Waals surface area (Å²) < 4.78 is 13.0. The van der Waals surface area contributed by atoms with E-state index < -0.39 is 5.82 Å². The highest BCUT2D eigenvalue weighted by Crippen LogP contribution is 2.24. The molecule has 1 radical (unpaired) electrons. The summed E-state index contributed by atoms with van der Waals surface area (Å²) >= 11 is 0. The minimum Gasteiger partial charge on any atom is -0.383 e. The van der Waals surface area contributed by atoms with E-state index in [1.165, 1.54) is 6.07 Å². The first-order valence-corrected chi connectivity index (χ1v) is 4.50. The molecule has 0 unspecified atom stereocenters. The van der Waals surface area contributed by atoms with Gasteiger partial charge in [-0.3, -0.25) is 0 Å². The number of rotatable bonds is 1. The largest absolute Gasteiger partial charge is 0.383 e. The molecule has 0 bridgehead atoms. The standard InChI is InChI=1S/C12H10FN2/c1-8-2-4-9(5-3-8)11-6-10(13)7-15-12(11)14/h2-7H,1H2,(H2,14,15). The molecule has 15 heavy (non-hydrogen) atoms. The van der Waals surface area contributed by atoms with Gasteiger partial charge in [-0.2, -0.15) is 0 Å². The highest BCUT2D eigenvalue weighted by atomic mass is 19.1. The van der Waals surface area contributed by atoms with Gasteiger partial charge in [-0.05, 0) is 24.1 Å². The number of halogens is 1. The van der Waals surface area contributed by atoms with E-state index in [0.29, 0.717) is 11.4 Å². The fraction of sp³-hybridized carbons (Fsp3) is 0. The topological polar surface area (TPSA) is 38.9 Å². The third-order valence-corrected chi connectivity index (χ3v) is 2.15. The van der Waals surface area contributed by atoms with Gasteiger partial charge < -0.3 is 5.73 Å². The Hall–Kier alpha value is -1.90. The molecule has 75 valence electrons. The van der Waals surface area contributed by atoms with Gasteiger partial charge >= 0.3 is 0 Å². The number of hydrogen-bond donors (Lipinski definition) is 1. The average molecular weight is 201 g/mol. The maximum Gasteiger partial charge on any atom is 0.142 e. The second-order valence-corrected chi connectivity index (χ2v) is 3.28. The Labute approximate surface area is 87.6 Å². The second-order valence-electron chi connectivity index (χ2n) is 3.28. The van der Waals surface area contributed by atoms with Gasteiger partial charge in [-0.15, -0.1) is 0 Å². The normalized spacial score (nSPS) is 10.3. The molecule has 2 N–H and O–H groups in total. The first kappa shape index (κ1) is 9.65. The molecular formula is C12H10FN2. The SMILES string of the molecule is [CH2]c1ccc(-c2cc(F)cnc2N)cc1. The summed E-state index contributed by atoms with van der Waals surface area (Å²) in [6, 6.07) is 8.75. The van der Waals surface area contributed by atoms with Gasteiger partial charge in [-0.25, -0.2) is 9.37 Å². The molecule has 0 saturated heterocycles. The lowest BCUT2D eigenvalue weighted by atomic mass is 10.1. The summed E-state index contributed by atoms with van der Waals surface area (Å²) in [6.45, 7) is 3.77. The summed E-state index contributed by atoms with van der Waals surface area (Å²) in [4.78, 5) is 3.76. The lowest BCUT2D eigenvalue weighted by Crippen LogP contribution is -1.95. The lowest BCUT2D eigenvalue weighted by molar-refractivity contribution is 0.622. The van der Waals surface area contributed by atoms with Crippen LogP contribution in [-0.2, 0) is 0 Å². The van der Waals surface area contributed by atoms with Crippen LogP contribution < -0.4 is 5.73 Å². The Morgan fingerprint density at radius 3 is 2.53 bits per heavy atom. The third-order valence-electron chi connectivity index (χ3n) is 2.15. The summed E-state index contributed by atoms with van der Waals surface area (Å²) in [5.74, 6) is -0.0638. The van der Waals surface area contributed by atoms with Crippen molar-refractivity contribution in [2.75, 3.05) is 5.73 Å². The van der Waals surface area contributed by atoms with Crippen molar-refractivity contribution in [3.63, 3.8) is 0 Å². The van der Waals surface area contributed by atoms with E-state index in [1.54, 1.807) is 0 Å². The molecule has 2 rings (SSSR count). The second kappa shape index (κ2) is 3.69. The Morgan fingerprint density at radius 2 is 1.87 bits per heavy atom. The van der Waals surface area contributed by atoms with Gasteiger partial charge in [0.25, 0.3) is 0 Å². The van der Waals surface area contributed by atoms with Crippen molar-refractivity contribution in [1.82, 2.24) is 4.98 Å². The van der Waals surface area contributed by atoms with Gasteiger partial charge in [-0.1, -0.05) is 24.3 Å². The predicted octanol–water partition coefficient (Wildman–Crippen LogP) is 2.65. The van der Waals surface area contributed by atoms with Crippen LogP contribution in [0.15, 0.2) is 36.5 Å². The molecule has 1 aromatic carbocycles. The maximum atomic E-state index is 13.0. The fourth-order valence-electron chi connectivity index (χ4n) is 1.37. The van der Waals surface area contributed by atoms with Crippen molar-refractivity contribution in [3.05, 3.63) is 54.8 Å². The molecule has 0 amide bonds. The smallest absolute Gasteiger partial charge is 0.142 e. The number of benzene rings is 1. The lowest BCUT2D eigenvalue weighted by Gasteiger charge is -2.05. The van der Waals surface area contributed by atoms with Crippen LogP contribution >= 0.6 is 0 Å². The molecular weight excluding hydrogens is 191 g/mol. The fourth-order valence-corrected chi connectivity index (χ4v) is 1.37. The van der Waals surface area contributed by atoms with E-state index >= 15 is 0 Å². The summed E-state index contributed by atoms with van der Waals surface area (Å²) in [5, 5.41) is 0. The molecule has 0 aliphatic heterocycles. The van der Waals surface area contributed by atoms with E-state index in [9.17, 15) is 4.39 Å². The number of pyridine rings is 1. The number of nitrogens with zero attached hydrogens (tertiary/aromatic N) is 1. The molecule has 0 aliphatic rings. The number of aromatic nitrogens is 1. The molecule has 2 nitrogen and oxygen atoms in total. The number of anilines is 1. The van der Waals surface area contributed by atoms with Gasteiger partial charge in [0, 0.05) is 5.56 Å². The number of nitrogen functional groups attached to an aromatic ring is 1. The Bertz CT molecular complexity index is 477. The Balaban J connectivity index is 2.53. The van der Waals surface area contributed by atoms with E-state index in [4.69, 9.17) is 5.73 Å². The van der Waals surface area contributed by atoms with Crippen molar-refractivity contribution in [3.8, 4) is 11.1 Å². The van der Waals surface area contributed by atoms with Crippen molar-refractivity contribution in [1.29, 1.82) is 0 Å². The zero-order chi connectivity index (χ0) is 10.8. The Kier molecular flexibility index (Phi) is 2.37. The van der Waals surface area contributed by atoms with E-state index in [-0.39, 0.29) is 0 Å². The third kappa shape index (κ3) is 1.96. The Morgan fingerprint density at radius 1 is 1.20 bits per heavy atom. The van der Waals surface area contributed by atoms with E-state index in [2.05, 4.69) is 11.9 Å². The summed E-state index contributed by atoms with van der Waals surface area (Å²) in [5.41, 5.74) is 8.02. The van der Waals surface area contributed by atoms with Gasteiger partial charge in [0.2, 0.25) is 0 Å². The minimum absolute atomic E-state index is 0.327. The first-order chi connectivity index (χ1) is 7.16. The number of nitrogens with two attached hydrogens (primary N) is 1. The van der Waals surface area contributed by atoms with Crippen LogP contribution in [0, 0.1) is 12.7 Å². The monoisotopic (exact) mass is 201 g/mol. The molecule has 0 atom stereocenters. The van der Waals surface area contributed by atoms with Crippen LogP contribution in [0.25, 0.3) is 11.1 Å². The first-order valence-electron chi connectivity index (χ1n) is 4.50. The zero-order valence-corrected chi connectivity index (χ0v) is 8.07. The van der Waals surface area contributed by atoms with Crippen LogP contribution in [0.3, 0.4) is 0 Å².